The highest BCUT2D eigenvalue weighted by atomic mass is 35.5. The first-order valence-electron chi connectivity index (χ1n) is 10.6. The van der Waals surface area contributed by atoms with Crippen molar-refractivity contribution in [2.75, 3.05) is 0 Å². The number of nitrogens with two attached hydrogens (primary N) is 1. The highest BCUT2D eigenvalue weighted by molar-refractivity contribution is 6.31. The fraction of sp³-hybridized carbons (Fsp3) is 0.375. The second-order valence-corrected chi connectivity index (χ2v) is 9.15. The van der Waals surface area contributed by atoms with Crippen LogP contribution < -0.4 is 11.1 Å². The van der Waals surface area contributed by atoms with Gasteiger partial charge in [-0.05, 0) is 61.9 Å². The summed E-state index contributed by atoms with van der Waals surface area (Å²) in [5.41, 5.74) is 7.95. The molecule has 1 fully saturated rings. The van der Waals surface area contributed by atoms with Gasteiger partial charge in [0, 0.05) is 10.6 Å². The fourth-order valence-corrected chi connectivity index (χ4v) is 4.42. The predicted molar refractivity (Wildman–Crippen MR) is 122 cm³/mol. The molecule has 2 aliphatic rings. The van der Waals surface area contributed by atoms with Crippen LogP contribution in [0.15, 0.2) is 53.5 Å². The van der Waals surface area contributed by atoms with E-state index in [1.54, 1.807) is 18.2 Å². The molecule has 2 amide bonds. The Balaban J connectivity index is 1.50. The Labute approximate surface area is 187 Å². The summed E-state index contributed by atoms with van der Waals surface area (Å²) in [5, 5.41) is 3.42. The lowest BCUT2D eigenvalue weighted by atomic mass is 9.90. The first kappa shape index (κ1) is 21.4. The third-order valence-corrected chi connectivity index (χ3v) is 6.34. The fourth-order valence-electron chi connectivity index (χ4n) is 4.16. The van der Waals surface area contributed by atoms with Crippen LogP contribution in [0.3, 0.4) is 0 Å². The minimum absolute atomic E-state index is 0.0504. The average molecular weight is 439 g/mol. The van der Waals surface area contributed by atoms with Crippen LogP contribution in [0.2, 0.25) is 5.02 Å². The Morgan fingerprint density at radius 2 is 2.00 bits per heavy atom. The second-order valence-electron chi connectivity index (χ2n) is 8.71. The molecule has 7 heteroatoms. The molecule has 2 aromatic carbocycles. The van der Waals surface area contributed by atoms with Crippen LogP contribution in [0.25, 0.3) is 0 Å². The molecule has 1 aliphatic heterocycles. The van der Waals surface area contributed by atoms with Crippen molar-refractivity contribution in [3.05, 3.63) is 70.2 Å². The van der Waals surface area contributed by atoms with Crippen LogP contribution >= 0.6 is 11.6 Å². The number of carbonyl (C=O) groups is 2. The maximum Gasteiger partial charge on any atom is 0.251 e. The van der Waals surface area contributed by atoms with Gasteiger partial charge in [-0.3, -0.25) is 14.5 Å². The number of nitrogens with one attached hydrogen (secondary N) is 1. The van der Waals surface area contributed by atoms with E-state index in [1.807, 2.05) is 44.2 Å². The van der Waals surface area contributed by atoms with Crippen LogP contribution in [0.5, 0.6) is 0 Å². The summed E-state index contributed by atoms with van der Waals surface area (Å²) in [4.78, 5) is 31.8. The van der Waals surface area contributed by atoms with Crippen LogP contribution in [0.4, 0.5) is 0 Å². The molecule has 162 valence electrons. The van der Waals surface area contributed by atoms with Gasteiger partial charge in [0.1, 0.15) is 0 Å². The first-order chi connectivity index (χ1) is 14.7. The molecular weight excluding hydrogens is 412 g/mol. The number of benzene rings is 2. The van der Waals surface area contributed by atoms with Crippen LogP contribution in [-0.2, 0) is 11.3 Å². The van der Waals surface area contributed by atoms with Crippen LogP contribution in [-0.4, -0.2) is 28.2 Å². The molecule has 0 bridgehead atoms. The van der Waals surface area contributed by atoms with Crippen LogP contribution in [0, 0.1) is 5.92 Å². The molecule has 2 aromatic rings. The zero-order chi connectivity index (χ0) is 22.2. The highest BCUT2D eigenvalue weighted by Gasteiger charge is 2.46. The molecule has 0 saturated heterocycles. The van der Waals surface area contributed by atoms with E-state index in [4.69, 9.17) is 17.3 Å². The molecule has 1 heterocycles. The van der Waals surface area contributed by atoms with E-state index in [1.165, 1.54) is 4.90 Å². The first-order valence-corrected chi connectivity index (χ1v) is 10.9. The van der Waals surface area contributed by atoms with E-state index < -0.39 is 5.54 Å². The standard InChI is InChI=1S/C24H27ClN4O2/c1-15(17-6-4-3-5-7-17)27-22(31)18-10-16(11-20(25)12-18)14-29-21(30)13-24(2,19-8-9-19)28-23(29)26/h3-7,10-12,15,19H,8-9,13-14H2,1-2H3,(H2,26,28)(H,27,31)/t15-,24-/m0/s1. The maximum atomic E-state index is 12.8. The lowest BCUT2D eigenvalue weighted by molar-refractivity contribution is -0.130. The largest absolute Gasteiger partial charge is 0.369 e. The topological polar surface area (TPSA) is 87.8 Å². The average Bonchev–Trinajstić information content (AvgIpc) is 3.57. The Morgan fingerprint density at radius 1 is 1.29 bits per heavy atom. The quantitative estimate of drug-likeness (QED) is 0.713. The monoisotopic (exact) mass is 438 g/mol. The summed E-state index contributed by atoms with van der Waals surface area (Å²) in [6.07, 6.45) is 2.53. The molecule has 0 aromatic heterocycles. The van der Waals surface area contributed by atoms with E-state index in [-0.39, 0.29) is 30.4 Å². The van der Waals surface area contributed by atoms with Gasteiger partial charge in [0.2, 0.25) is 5.91 Å². The van der Waals surface area contributed by atoms with E-state index in [0.717, 1.165) is 24.0 Å². The number of halogens is 1. The molecule has 1 aliphatic carbocycles. The van der Waals surface area contributed by atoms with Crippen molar-refractivity contribution in [2.45, 2.75) is 51.2 Å². The zero-order valence-electron chi connectivity index (χ0n) is 17.8. The number of nitrogens with zero attached hydrogens (tertiary/aromatic N) is 2. The van der Waals surface area contributed by atoms with Crippen molar-refractivity contribution < 1.29 is 9.59 Å². The van der Waals surface area contributed by atoms with Crippen molar-refractivity contribution in [3.8, 4) is 0 Å². The Morgan fingerprint density at radius 3 is 2.65 bits per heavy atom. The third kappa shape index (κ3) is 4.74. The van der Waals surface area contributed by atoms with Crippen molar-refractivity contribution in [1.82, 2.24) is 10.2 Å². The van der Waals surface area contributed by atoms with Crippen molar-refractivity contribution in [3.63, 3.8) is 0 Å². The number of hydrogen-bond donors (Lipinski definition) is 2. The SMILES string of the molecule is C[C@H](NC(=O)c1cc(Cl)cc(CN2C(=O)C[C@@](C)(C3CC3)N=C2N)c1)c1ccccc1. The van der Waals surface area contributed by atoms with Gasteiger partial charge >= 0.3 is 0 Å². The Hall–Kier alpha value is -2.86. The normalized spacial score (nSPS) is 22.1. The number of guanidine groups is 1. The smallest absolute Gasteiger partial charge is 0.251 e. The third-order valence-electron chi connectivity index (χ3n) is 6.12. The number of carbonyl (C=O) groups excluding carboxylic acids is 2. The minimum Gasteiger partial charge on any atom is -0.369 e. The summed E-state index contributed by atoms with van der Waals surface area (Å²) in [5.74, 6) is 0.387. The molecule has 1 saturated carbocycles. The Kier molecular flexibility index (Phi) is 5.75. The molecule has 3 N–H and O–H groups in total. The molecule has 0 spiro atoms. The van der Waals surface area contributed by atoms with Crippen LogP contribution in [0.1, 0.15) is 60.6 Å². The molecular formula is C24H27ClN4O2. The zero-order valence-corrected chi connectivity index (χ0v) is 18.5. The predicted octanol–water partition coefficient (Wildman–Crippen LogP) is 4.05. The number of amides is 2. The highest BCUT2D eigenvalue weighted by Crippen LogP contribution is 2.45. The summed E-state index contributed by atoms with van der Waals surface area (Å²) in [6.45, 7) is 4.16. The molecule has 0 radical (unpaired) electrons. The summed E-state index contributed by atoms with van der Waals surface area (Å²) < 4.78 is 0. The van der Waals surface area contributed by atoms with Gasteiger partial charge in [-0.1, -0.05) is 41.9 Å². The minimum atomic E-state index is -0.398. The molecule has 31 heavy (non-hydrogen) atoms. The summed E-state index contributed by atoms with van der Waals surface area (Å²) >= 11 is 6.29. The van der Waals surface area contributed by atoms with Gasteiger partial charge in [-0.2, -0.15) is 0 Å². The van der Waals surface area contributed by atoms with Gasteiger partial charge < -0.3 is 11.1 Å². The number of aliphatic imine (C=N–C) groups is 1. The molecule has 0 unspecified atom stereocenters. The van der Waals surface area contributed by atoms with E-state index >= 15 is 0 Å². The van der Waals surface area contributed by atoms with E-state index in [0.29, 0.717) is 22.9 Å². The van der Waals surface area contributed by atoms with E-state index in [9.17, 15) is 9.59 Å². The summed E-state index contributed by atoms with van der Waals surface area (Å²) in [7, 11) is 0. The van der Waals surface area contributed by atoms with Crippen molar-refractivity contribution in [2.24, 2.45) is 16.6 Å². The van der Waals surface area contributed by atoms with E-state index in [2.05, 4.69) is 10.3 Å². The van der Waals surface area contributed by atoms with Gasteiger partial charge in [-0.25, -0.2) is 4.99 Å². The van der Waals surface area contributed by atoms with Gasteiger partial charge in [-0.15, -0.1) is 0 Å². The second kappa shape index (κ2) is 8.35. The number of rotatable bonds is 6. The molecule has 4 rings (SSSR count). The number of hydrogen-bond acceptors (Lipinski definition) is 4. The molecule has 2 atom stereocenters. The van der Waals surface area contributed by atoms with Gasteiger partial charge in [0.05, 0.1) is 24.5 Å². The Bertz CT molecular complexity index is 1040. The maximum absolute atomic E-state index is 12.8. The summed E-state index contributed by atoms with van der Waals surface area (Å²) in [6, 6.07) is 14.7. The molecule has 6 nitrogen and oxygen atoms in total. The lowest BCUT2D eigenvalue weighted by Crippen LogP contribution is -2.50. The van der Waals surface area contributed by atoms with Gasteiger partial charge in [0.25, 0.3) is 5.91 Å². The van der Waals surface area contributed by atoms with Gasteiger partial charge in [0.15, 0.2) is 5.96 Å². The van der Waals surface area contributed by atoms with Crippen molar-refractivity contribution in [1.29, 1.82) is 0 Å². The van der Waals surface area contributed by atoms with Crippen molar-refractivity contribution >= 4 is 29.4 Å². The lowest BCUT2D eigenvalue weighted by Gasteiger charge is -2.35.